The number of methoxy groups -OCH3 is 1. The maximum absolute atomic E-state index is 11.8. The molecule has 0 bridgehead atoms. The maximum Gasteiger partial charge on any atom is 0.244 e. The fourth-order valence-corrected chi connectivity index (χ4v) is 1.98. The average Bonchev–Trinajstić information content (AvgIpc) is 2.75. The van der Waals surface area contributed by atoms with Crippen LogP contribution >= 0.6 is 0 Å². The fourth-order valence-electron chi connectivity index (χ4n) is 1.98. The molecule has 96 valence electrons. The molecule has 5 heteroatoms. The number of anilines is 1. The number of carbonyl (C=O) groups is 2. The first-order valence-electron chi connectivity index (χ1n) is 5.91. The highest BCUT2D eigenvalue weighted by atomic mass is 16.5. The van der Waals surface area contributed by atoms with Gasteiger partial charge in [0.05, 0.1) is 19.3 Å². The minimum absolute atomic E-state index is 0.0465. The van der Waals surface area contributed by atoms with Crippen LogP contribution in [0, 0.1) is 0 Å². The second kappa shape index (κ2) is 5.53. The van der Waals surface area contributed by atoms with Gasteiger partial charge in [-0.15, -0.1) is 0 Å². The van der Waals surface area contributed by atoms with Crippen molar-refractivity contribution < 1.29 is 14.3 Å². The molecule has 0 radical (unpaired) electrons. The number of nitrogens with one attached hydrogen (secondary N) is 1. The molecule has 0 saturated carbocycles. The molecule has 1 fully saturated rings. The Morgan fingerprint density at radius 3 is 2.89 bits per heavy atom. The molecule has 2 rings (SSSR count). The predicted octanol–water partition coefficient (Wildman–Crippen LogP) is 1.26. The number of benzene rings is 1. The van der Waals surface area contributed by atoms with Crippen molar-refractivity contribution in [1.82, 2.24) is 4.90 Å². The Morgan fingerprint density at radius 1 is 1.44 bits per heavy atom. The molecule has 2 amide bonds. The van der Waals surface area contributed by atoms with Crippen LogP contribution in [0.2, 0.25) is 0 Å². The topological polar surface area (TPSA) is 58.6 Å². The molecule has 0 aromatic heterocycles. The van der Waals surface area contributed by atoms with Crippen molar-refractivity contribution in [2.45, 2.75) is 12.8 Å². The van der Waals surface area contributed by atoms with E-state index in [-0.39, 0.29) is 18.4 Å². The summed E-state index contributed by atoms with van der Waals surface area (Å²) in [6, 6.07) is 7.19. The Kier molecular flexibility index (Phi) is 3.82. The molecule has 1 N–H and O–H groups in total. The van der Waals surface area contributed by atoms with E-state index in [2.05, 4.69) is 5.32 Å². The molecule has 5 nitrogen and oxygen atoms in total. The van der Waals surface area contributed by atoms with Crippen molar-refractivity contribution in [3.63, 3.8) is 0 Å². The molecule has 1 heterocycles. The van der Waals surface area contributed by atoms with Crippen LogP contribution in [0.3, 0.4) is 0 Å². The zero-order valence-electron chi connectivity index (χ0n) is 10.3. The van der Waals surface area contributed by atoms with Gasteiger partial charge in [0, 0.05) is 13.0 Å². The van der Waals surface area contributed by atoms with Gasteiger partial charge >= 0.3 is 0 Å². The van der Waals surface area contributed by atoms with E-state index in [1.807, 2.05) is 12.1 Å². The summed E-state index contributed by atoms with van der Waals surface area (Å²) in [5, 5.41) is 2.75. The summed E-state index contributed by atoms with van der Waals surface area (Å²) in [6.45, 7) is 0.773. The molecule has 1 aromatic carbocycles. The molecule has 0 unspecified atom stereocenters. The van der Waals surface area contributed by atoms with E-state index in [1.54, 1.807) is 24.1 Å². The minimum atomic E-state index is -0.199. The SMILES string of the molecule is COc1ccccc1NC(=O)CN1CCCC1=O. The van der Waals surface area contributed by atoms with Crippen molar-refractivity contribution in [2.75, 3.05) is 25.5 Å². The number of carbonyl (C=O) groups excluding carboxylic acids is 2. The molecular formula is C13H16N2O3. The van der Waals surface area contributed by atoms with Gasteiger partial charge in [0.1, 0.15) is 5.75 Å². The van der Waals surface area contributed by atoms with Crippen LogP contribution in [0.25, 0.3) is 0 Å². The van der Waals surface area contributed by atoms with Gasteiger partial charge in [0.15, 0.2) is 0 Å². The minimum Gasteiger partial charge on any atom is -0.495 e. The van der Waals surface area contributed by atoms with Crippen LogP contribution in [-0.2, 0) is 9.59 Å². The van der Waals surface area contributed by atoms with Crippen molar-refractivity contribution in [3.8, 4) is 5.75 Å². The highest BCUT2D eigenvalue weighted by Crippen LogP contribution is 2.23. The van der Waals surface area contributed by atoms with Gasteiger partial charge in [-0.2, -0.15) is 0 Å². The Hall–Kier alpha value is -2.04. The van der Waals surface area contributed by atoms with Crippen molar-refractivity contribution in [2.24, 2.45) is 0 Å². The van der Waals surface area contributed by atoms with Crippen molar-refractivity contribution in [1.29, 1.82) is 0 Å². The van der Waals surface area contributed by atoms with Crippen LogP contribution in [0.5, 0.6) is 5.75 Å². The number of hydrogen-bond acceptors (Lipinski definition) is 3. The lowest BCUT2D eigenvalue weighted by atomic mass is 10.3. The monoisotopic (exact) mass is 248 g/mol. The van der Waals surface area contributed by atoms with E-state index < -0.39 is 0 Å². The Labute approximate surface area is 106 Å². The Bertz CT molecular complexity index is 459. The largest absolute Gasteiger partial charge is 0.495 e. The van der Waals surface area contributed by atoms with E-state index in [0.717, 1.165) is 6.42 Å². The predicted molar refractivity (Wildman–Crippen MR) is 67.4 cm³/mol. The number of hydrogen-bond donors (Lipinski definition) is 1. The molecule has 0 aliphatic carbocycles. The normalized spacial score (nSPS) is 14.7. The van der Waals surface area contributed by atoms with E-state index in [9.17, 15) is 9.59 Å². The first-order valence-corrected chi connectivity index (χ1v) is 5.91. The van der Waals surface area contributed by atoms with Crippen LogP contribution in [0.1, 0.15) is 12.8 Å². The first kappa shape index (κ1) is 12.4. The summed E-state index contributed by atoms with van der Waals surface area (Å²) >= 11 is 0. The highest BCUT2D eigenvalue weighted by molar-refractivity contribution is 5.95. The Morgan fingerprint density at radius 2 is 2.22 bits per heavy atom. The third-order valence-corrected chi connectivity index (χ3v) is 2.89. The number of ether oxygens (including phenoxy) is 1. The highest BCUT2D eigenvalue weighted by Gasteiger charge is 2.22. The lowest BCUT2D eigenvalue weighted by Gasteiger charge is -2.15. The lowest BCUT2D eigenvalue weighted by molar-refractivity contribution is -0.131. The molecule has 1 saturated heterocycles. The molecule has 1 aliphatic heterocycles. The number of rotatable bonds is 4. The summed E-state index contributed by atoms with van der Waals surface area (Å²) < 4.78 is 5.14. The maximum atomic E-state index is 11.8. The standard InChI is InChI=1S/C13H16N2O3/c1-18-11-6-3-2-5-10(11)14-12(16)9-15-8-4-7-13(15)17/h2-3,5-6H,4,7-9H2,1H3,(H,14,16). The van der Waals surface area contributed by atoms with E-state index >= 15 is 0 Å². The summed E-state index contributed by atoms with van der Waals surface area (Å²) in [4.78, 5) is 24.8. The summed E-state index contributed by atoms with van der Waals surface area (Å²) in [5.41, 5.74) is 0.622. The zero-order valence-corrected chi connectivity index (χ0v) is 10.3. The second-order valence-corrected chi connectivity index (χ2v) is 4.17. The summed E-state index contributed by atoms with van der Waals surface area (Å²) in [7, 11) is 1.55. The lowest BCUT2D eigenvalue weighted by Crippen LogP contribution is -2.34. The molecule has 0 atom stereocenters. The summed E-state index contributed by atoms with van der Waals surface area (Å²) in [6.07, 6.45) is 1.38. The zero-order chi connectivity index (χ0) is 13.0. The second-order valence-electron chi connectivity index (χ2n) is 4.17. The van der Waals surface area contributed by atoms with Crippen LogP contribution in [0.15, 0.2) is 24.3 Å². The van der Waals surface area contributed by atoms with Gasteiger partial charge in [-0.3, -0.25) is 9.59 Å². The third-order valence-electron chi connectivity index (χ3n) is 2.89. The third kappa shape index (κ3) is 2.80. The van der Waals surface area contributed by atoms with E-state index in [1.165, 1.54) is 0 Å². The quantitative estimate of drug-likeness (QED) is 0.872. The molecule has 1 aromatic rings. The molecule has 0 spiro atoms. The van der Waals surface area contributed by atoms with Crippen molar-refractivity contribution in [3.05, 3.63) is 24.3 Å². The van der Waals surface area contributed by atoms with Gasteiger partial charge in [-0.05, 0) is 18.6 Å². The average molecular weight is 248 g/mol. The number of nitrogens with zero attached hydrogens (tertiary/aromatic N) is 1. The van der Waals surface area contributed by atoms with Gasteiger partial charge in [-0.25, -0.2) is 0 Å². The van der Waals surface area contributed by atoms with Gasteiger partial charge in [0.2, 0.25) is 11.8 Å². The fraction of sp³-hybridized carbons (Fsp3) is 0.385. The van der Waals surface area contributed by atoms with Crippen LogP contribution in [0.4, 0.5) is 5.69 Å². The summed E-state index contributed by atoms with van der Waals surface area (Å²) in [5.74, 6) is 0.457. The van der Waals surface area contributed by atoms with Crippen molar-refractivity contribution >= 4 is 17.5 Å². The van der Waals surface area contributed by atoms with Crippen LogP contribution < -0.4 is 10.1 Å². The molecule has 18 heavy (non-hydrogen) atoms. The van der Waals surface area contributed by atoms with Gasteiger partial charge in [-0.1, -0.05) is 12.1 Å². The Balaban J connectivity index is 1.96. The van der Waals surface area contributed by atoms with Gasteiger partial charge < -0.3 is 15.0 Å². The van der Waals surface area contributed by atoms with Gasteiger partial charge in [0.25, 0.3) is 0 Å². The molecule has 1 aliphatic rings. The smallest absolute Gasteiger partial charge is 0.244 e. The number of likely N-dealkylation sites (tertiary alicyclic amines) is 1. The number of amides is 2. The first-order chi connectivity index (χ1) is 8.70. The van der Waals surface area contributed by atoms with E-state index in [4.69, 9.17) is 4.74 Å². The number of para-hydroxylation sites is 2. The molecular weight excluding hydrogens is 232 g/mol. The van der Waals surface area contributed by atoms with Crippen LogP contribution in [-0.4, -0.2) is 36.9 Å². The van der Waals surface area contributed by atoms with E-state index in [0.29, 0.717) is 24.4 Å².